The minimum absolute atomic E-state index is 0.0174. The lowest BCUT2D eigenvalue weighted by atomic mass is 9.86. The molecular weight excluding hydrogens is 296 g/mol. The minimum Gasteiger partial charge on any atom is -0.453 e. The third-order valence-electron chi connectivity index (χ3n) is 4.38. The molecule has 2 atom stereocenters. The van der Waals surface area contributed by atoms with E-state index in [9.17, 15) is 9.59 Å². The molecule has 1 fully saturated rings. The highest BCUT2D eigenvalue weighted by Gasteiger charge is 2.34. The van der Waals surface area contributed by atoms with Crippen LogP contribution in [0.4, 0.5) is 4.79 Å². The van der Waals surface area contributed by atoms with Gasteiger partial charge in [0.25, 0.3) is 5.56 Å². The lowest BCUT2D eigenvalue weighted by Gasteiger charge is -2.38. The van der Waals surface area contributed by atoms with Crippen LogP contribution >= 0.6 is 0 Å². The van der Waals surface area contributed by atoms with E-state index in [-0.39, 0.29) is 23.6 Å². The second kappa shape index (κ2) is 6.73. The minimum atomic E-state index is -0.306. The van der Waals surface area contributed by atoms with Gasteiger partial charge < -0.3 is 14.2 Å². The van der Waals surface area contributed by atoms with Crippen molar-refractivity contribution in [1.82, 2.24) is 10.1 Å². The Hall–Kier alpha value is -2.50. The first-order valence-corrected chi connectivity index (χ1v) is 7.74. The standard InChI is InChI=1S/C17H20N2O4/c1-22-17(21)19-8-7-13(15-11-16(20)18-23-15)10-14(19)9-12-5-3-2-4-6-12/h2-6,11,13-14H,7-10H2,1H3,(H,18,20)/t13-,14-/m0/s1. The Labute approximate surface area is 134 Å². The fourth-order valence-corrected chi connectivity index (χ4v) is 3.25. The molecule has 23 heavy (non-hydrogen) atoms. The van der Waals surface area contributed by atoms with Gasteiger partial charge in [-0.15, -0.1) is 0 Å². The fourth-order valence-electron chi connectivity index (χ4n) is 3.25. The molecule has 1 aromatic carbocycles. The number of aromatic amines is 1. The number of likely N-dealkylation sites (tertiary alicyclic amines) is 1. The van der Waals surface area contributed by atoms with E-state index in [0.29, 0.717) is 12.3 Å². The maximum atomic E-state index is 12.0. The monoisotopic (exact) mass is 316 g/mol. The van der Waals surface area contributed by atoms with Crippen LogP contribution in [0.1, 0.15) is 30.1 Å². The Kier molecular flexibility index (Phi) is 4.50. The fraction of sp³-hybridized carbons (Fsp3) is 0.412. The van der Waals surface area contributed by atoms with E-state index in [4.69, 9.17) is 9.26 Å². The molecule has 0 bridgehead atoms. The van der Waals surface area contributed by atoms with Crippen LogP contribution in [0.25, 0.3) is 0 Å². The molecule has 0 spiro atoms. The SMILES string of the molecule is COC(=O)N1CC[C@H](c2cc(=O)[nH]o2)C[C@@H]1Cc1ccccc1. The van der Waals surface area contributed by atoms with Gasteiger partial charge in [0.1, 0.15) is 5.76 Å². The van der Waals surface area contributed by atoms with Gasteiger partial charge in [-0.05, 0) is 24.8 Å². The Morgan fingerprint density at radius 1 is 1.39 bits per heavy atom. The Balaban J connectivity index is 1.79. The van der Waals surface area contributed by atoms with Gasteiger partial charge in [0.05, 0.1) is 7.11 Å². The van der Waals surface area contributed by atoms with E-state index in [1.807, 2.05) is 18.2 Å². The zero-order chi connectivity index (χ0) is 16.2. The number of piperidine rings is 1. The van der Waals surface area contributed by atoms with Crippen molar-refractivity contribution in [2.75, 3.05) is 13.7 Å². The van der Waals surface area contributed by atoms with Crippen molar-refractivity contribution >= 4 is 6.09 Å². The van der Waals surface area contributed by atoms with Gasteiger partial charge in [-0.2, -0.15) is 5.16 Å². The first kappa shape index (κ1) is 15.4. The highest BCUT2D eigenvalue weighted by atomic mass is 16.5. The zero-order valence-corrected chi connectivity index (χ0v) is 13.0. The van der Waals surface area contributed by atoms with Crippen LogP contribution in [0.3, 0.4) is 0 Å². The highest BCUT2D eigenvalue weighted by Crippen LogP contribution is 2.32. The molecule has 2 aromatic rings. The topological polar surface area (TPSA) is 75.5 Å². The number of hydrogen-bond donors (Lipinski definition) is 1. The molecule has 6 heteroatoms. The van der Waals surface area contributed by atoms with Crippen molar-refractivity contribution < 1.29 is 14.1 Å². The molecular formula is C17H20N2O4. The quantitative estimate of drug-likeness (QED) is 0.944. The van der Waals surface area contributed by atoms with Crippen molar-refractivity contribution in [2.45, 2.75) is 31.2 Å². The highest BCUT2D eigenvalue weighted by molar-refractivity contribution is 5.68. The molecule has 1 aliphatic rings. The predicted octanol–water partition coefficient (Wildman–Crippen LogP) is 2.53. The predicted molar refractivity (Wildman–Crippen MR) is 84.3 cm³/mol. The normalized spacial score (nSPS) is 21.2. The average molecular weight is 316 g/mol. The lowest BCUT2D eigenvalue weighted by Crippen LogP contribution is -2.46. The first-order valence-electron chi connectivity index (χ1n) is 7.74. The van der Waals surface area contributed by atoms with E-state index in [1.54, 1.807) is 4.90 Å². The molecule has 122 valence electrons. The molecule has 6 nitrogen and oxygen atoms in total. The second-order valence-electron chi connectivity index (χ2n) is 5.84. The number of aromatic nitrogens is 1. The number of rotatable bonds is 3. The summed E-state index contributed by atoms with van der Waals surface area (Å²) in [6.07, 6.45) is 1.94. The summed E-state index contributed by atoms with van der Waals surface area (Å²) in [6.45, 7) is 0.587. The molecule has 0 unspecified atom stereocenters. The van der Waals surface area contributed by atoms with Crippen LogP contribution < -0.4 is 5.56 Å². The van der Waals surface area contributed by atoms with Gasteiger partial charge in [-0.1, -0.05) is 30.3 Å². The maximum Gasteiger partial charge on any atom is 0.409 e. The summed E-state index contributed by atoms with van der Waals surface area (Å²) in [7, 11) is 1.40. The summed E-state index contributed by atoms with van der Waals surface area (Å²) in [5, 5.41) is 2.34. The van der Waals surface area contributed by atoms with Crippen LogP contribution in [0.5, 0.6) is 0 Å². The Morgan fingerprint density at radius 3 is 2.83 bits per heavy atom. The van der Waals surface area contributed by atoms with Crippen LogP contribution in [0.15, 0.2) is 45.7 Å². The summed E-state index contributed by atoms with van der Waals surface area (Å²) in [5.74, 6) is 0.793. The Morgan fingerprint density at radius 2 is 2.17 bits per heavy atom. The Bertz CT molecular complexity index is 707. The molecule has 1 amide bonds. The summed E-state index contributed by atoms with van der Waals surface area (Å²) >= 11 is 0. The van der Waals surface area contributed by atoms with Crippen LogP contribution in [-0.4, -0.2) is 35.8 Å². The van der Waals surface area contributed by atoms with Crippen molar-refractivity contribution in [1.29, 1.82) is 0 Å². The van der Waals surface area contributed by atoms with Crippen LogP contribution in [0.2, 0.25) is 0 Å². The molecule has 0 saturated carbocycles. The summed E-state index contributed by atoms with van der Waals surface area (Å²) in [6, 6.07) is 11.6. The van der Waals surface area contributed by atoms with E-state index in [0.717, 1.165) is 19.3 Å². The average Bonchev–Trinajstić information content (AvgIpc) is 3.01. The number of methoxy groups -OCH3 is 1. The molecule has 1 N–H and O–H groups in total. The van der Waals surface area contributed by atoms with Crippen LogP contribution in [0, 0.1) is 0 Å². The molecule has 2 heterocycles. The van der Waals surface area contributed by atoms with Crippen molar-refractivity contribution in [3.8, 4) is 0 Å². The van der Waals surface area contributed by atoms with Gasteiger partial charge in [0.2, 0.25) is 0 Å². The molecule has 0 radical (unpaired) electrons. The van der Waals surface area contributed by atoms with E-state index in [1.165, 1.54) is 18.7 Å². The first-order chi connectivity index (χ1) is 11.2. The zero-order valence-electron chi connectivity index (χ0n) is 13.0. The summed E-state index contributed by atoms with van der Waals surface area (Å²) in [5.41, 5.74) is 0.942. The van der Waals surface area contributed by atoms with Crippen LogP contribution in [-0.2, 0) is 11.2 Å². The number of amides is 1. The van der Waals surface area contributed by atoms with E-state index < -0.39 is 0 Å². The number of benzene rings is 1. The number of hydrogen-bond acceptors (Lipinski definition) is 4. The summed E-state index contributed by atoms with van der Waals surface area (Å²) < 4.78 is 10.2. The number of carbonyl (C=O) groups excluding carboxylic acids is 1. The van der Waals surface area contributed by atoms with Gasteiger partial charge in [-0.25, -0.2) is 4.79 Å². The second-order valence-corrected chi connectivity index (χ2v) is 5.84. The molecule has 1 aliphatic heterocycles. The summed E-state index contributed by atoms with van der Waals surface area (Å²) in [4.78, 5) is 25.1. The van der Waals surface area contributed by atoms with Crippen molar-refractivity contribution in [3.05, 3.63) is 58.1 Å². The maximum absolute atomic E-state index is 12.0. The third-order valence-corrected chi connectivity index (χ3v) is 4.38. The lowest BCUT2D eigenvalue weighted by molar-refractivity contribution is 0.0817. The molecule has 1 aromatic heterocycles. The van der Waals surface area contributed by atoms with Crippen molar-refractivity contribution in [3.63, 3.8) is 0 Å². The van der Waals surface area contributed by atoms with E-state index in [2.05, 4.69) is 17.3 Å². The molecule has 0 aliphatic carbocycles. The van der Waals surface area contributed by atoms with Gasteiger partial charge in [-0.3, -0.25) is 4.79 Å². The number of carbonyl (C=O) groups is 1. The molecule has 1 saturated heterocycles. The van der Waals surface area contributed by atoms with Gasteiger partial charge >= 0.3 is 6.09 Å². The smallest absolute Gasteiger partial charge is 0.409 e. The largest absolute Gasteiger partial charge is 0.453 e. The third kappa shape index (κ3) is 3.47. The van der Waals surface area contributed by atoms with Gasteiger partial charge in [0.15, 0.2) is 0 Å². The number of nitrogens with one attached hydrogen (secondary N) is 1. The van der Waals surface area contributed by atoms with E-state index >= 15 is 0 Å². The molecule has 3 rings (SSSR count). The number of nitrogens with zero attached hydrogens (tertiary/aromatic N) is 1. The number of H-pyrrole nitrogens is 1. The van der Waals surface area contributed by atoms with Gasteiger partial charge in [0, 0.05) is 24.6 Å². The van der Waals surface area contributed by atoms with Crippen molar-refractivity contribution in [2.24, 2.45) is 0 Å². The number of ether oxygens (including phenoxy) is 1.